The molecular weight excluding hydrogens is 340 g/mol. The molecule has 0 heterocycles. The summed E-state index contributed by atoms with van der Waals surface area (Å²) >= 11 is 0. The summed E-state index contributed by atoms with van der Waals surface area (Å²) in [4.78, 5) is 12.1. The van der Waals surface area contributed by atoms with E-state index in [-0.39, 0.29) is 19.8 Å². The highest BCUT2D eigenvalue weighted by Gasteiger charge is 2.13. The number of ether oxygens (including phenoxy) is 1. The molecule has 0 aliphatic rings. The highest BCUT2D eigenvalue weighted by molar-refractivity contribution is 5.67. The van der Waals surface area contributed by atoms with E-state index in [1.54, 1.807) is 0 Å². The lowest BCUT2D eigenvalue weighted by Crippen LogP contribution is -2.45. The first-order valence-electron chi connectivity index (χ1n) is 10.6. The SMILES string of the molecule is CCCCCCCCCCCCNN(CCO)C(=O)OCc1ccccc1. The predicted octanol–water partition coefficient (Wildman–Crippen LogP) is 5.04. The maximum Gasteiger partial charge on any atom is 0.424 e. The number of benzene rings is 1. The first-order valence-corrected chi connectivity index (χ1v) is 10.6. The summed E-state index contributed by atoms with van der Waals surface area (Å²) in [5, 5.41) is 10.5. The van der Waals surface area contributed by atoms with Crippen LogP contribution in [0.15, 0.2) is 30.3 Å². The first-order chi connectivity index (χ1) is 13.3. The van der Waals surface area contributed by atoms with Gasteiger partial charge in [0.05, 0.1) is 13.2 Å². The van der Waals surface area contributed by atoms with Crippen molar-refractivity contribution < 1.29 is 14.6 Å². The summed E-state index contributed by atoms with van der Waals surface area (Å²) in [6.07, 6.45) is 12.4. The smallest absolute Gasteiger partial charge is 0.424 e. The Balaban J connectivity index is 2.07. The number of carbonyl (C=O) groups is 1. The van der Waals surface area contributed by atoms with E-state index in [0.29, 0.717) is 0 Å². The van der Waals surface area contributed by atoms with Gasteiger partial charge in [-0.05, 0) is 12.0 Å². The van der Waals surface area contributed by atoms with Gasteiger partial charge in [-0.2, -0.15) is 0 Å². The fraction of sp³-hybridized carbons (Fsp3) is 0.682. The summed E-state index contributed by atoms with van der Waals surface area (Å²) in [6, 6.07) is 9.59. The van der Waals surface area contributed by atoms with Gasteiger partial charge in [-0.3, -0.25) is 0 Å². The van der Waals surface area contributed by atoms with Crippen molar-refractivity contribution in [2.75, 3.05) is 19.7 Å². The fourth-order valence-corrected chi connectivity index (χ4v) is 2.96. The van der Waals surface area contributed by atoms with Crippen LogP contribution in [0.25, 0.3) is 0 Å². The largest absolute Gasteiger partial charge is 0.444 e. The molecule has 0 fully saturated rings. The van der Waals surface area contributed by atoms with E-state index in [1.807, 2.05) is 30.3 Å². The summed E-state index contributed by atoms with van der Waals surface area (Å²) in [5.41, 5.74) is 4.03. The van der Waals surface area contributed by atoms with Crippen LogP contribution in [0.5, 0.6) is 0 Å². The molecule has 0 saturated heterocycles. The zero-order valence-electron chi connectivity index (χ0n) is 17.0. The van der Waals surface area contributed by atoms with Crippen LogP contribution in [0, 0.1) is 0 Å². The molecule has 0 atom stereocenters. The minimum Gasteiger partial charge on any atom is -0.444 e. The number of hydrogen-bond acceptors (Lipinski definition) is 4. The number of nitrogens with one attached hydrogen (secondary N) is 1. The Bertz CT molecular complexity index is 468. The molecule has 0 spiro atoms. The van der Waals surface area contributed by atoms with Gasteiger partial charge in [0.25, 0.3) is 0 Å². The van der Waals surface area contributed by atoms with Crippen LogP contribution in [0.1, 0.15) is 76.7 Å². The number of aliphatic hydroxyl groups is 1. The van der Waals surface area contributed by atoms with E-state index >= 15 is 0 Å². The minimum atomic E-state index is -0.444. The highest BCUT2D eigenvalue weighted by atomic mass is 16.6. The molecule has 0 bridgehead atoms. The van der Waals surface area contributed by atoms with Gasteiger partial charge in [0, 0.05) is 6.54 Å². The van der Waals surface area contributed by atoms with E-state index in [9.17, 15) is 4.79 Å². The van der Waals surface area contributed by atoms with Crippen molar-refractivity contribution in [2.45, 2.75) is 77.7 Å². The average molecular weight is 379 g/mol. The zero-order valence-corrected chi connectivity index (χ0v) is 17.0. The Morgan fingerprint density at radius 1 is 0.963 bits per heavy atom. The van der Waals surface area contributed by atoms with Crippen molar-refractivity contribution >= 4 is 6.09 Å². The molecule has 0 unspecified atom stereocenters. The quantitative estimate of drug-likeness (QED) is 0.312. The van der Waals surface area contributed by atoms with Crippen LogP contribution in [-0.2, 0) is 11.3 Å². The molecule has 5 nitrogen and oxygen atoms in total. The van der Waals surface area contributed by atoms with Gasteiger partial charge in [-0.25, -0.2) is 15.2 Å². The van der Waals surface area contributed by atoms with Crippen molar-refractivity contribution in [3.63, 3.8) is 0 Å². The van der Waals surface area contributed by atoms with Crippen LogP contribution < -0.4 is 5.43 Å². The lowest BCUT2D eigenvalue weighted by Gasteiger charge is -2.22. The molecule has 1 aromatic rings. The van der Waals surface area contributed by atoms with Crippen LogP contribution in [0.3, 0.4) is 0 Å². The van der Waals surface area contributed by atoms with Gasteiger partial charge < -0.3 is 9.84 Å². The third-order valence-electron chi connectivity index (χ3n) is 4.58. The van der Waals surface area contributed by atoms with Gasteiger partial charge >= 0.3 is 6.09 Å². The maximum atomic E-state index is 12.1. The standard InChI is InChI=1S/C22H38N2O3/c1-2-3-4-5-6-7-8-9-10-14-17-23-24(18-19-25)22(26)27-20-21-15-12-11-13-16-21/h11-13,15-16,23,25H,2-10,14,17-20H2,1H3. The number of carbonyl (C=O) groups excluding carboxylic acids is 1. The lowest BCUT2D eigenvalue weighted by atomic mass is 10.1. The van der Waals surface area contributed by atoms with E-state index in [0.717, 1.165) is 24.9 Å². The number of unbranched alkanes of at least 4 members (excludes halogenated alkanes) is 9. The number of aliphatic hydroxyl groups excluding tert-OH is 1. The number of hydrazine groups is 1. The van der Waals surface area contributed by atoms with Crippen LogP contribution in [0.2, 0.25) is 0 Å². The van der Waals surface area contributed by atoms with Crippen molar-refractivity contribution in [3.05, 3.63) is 35.9 Å². The Kier molecular flexibility index (Phi) is 14.4. The van der Waals surface area contributed by atoms with E-state index < -0.39 is 6.09 Å². The Morgan fingerprint density at radius 2 is 1.56 bits per heavy atom. The van der Waals surface area contributed by atoms with Gasteiger partial charge in [0.2, 0.25) is 0 Å². The molecule has 1 rings (SSSR count). The van der Waals surface area contributed by atoms with Gasteiger partial charge in [0.15, 0.2) is 0 Å². The van der Waals surface area contributed by atoms with Crippen molar-refractivity contribution in [1.29, 1.82) is 0 Å². The van der Waals surface area contributed by atoms with Gasteiger partial charge in [-0.1, -0.05) is 95.0 Å². The fourth-order valence-electron chi connectivity index (χ4n) is 2.96. The summed E-state index contributed by atoms with van der Waals surface area (Å²) in [5.74, 6) is 0. The molecule has 5 heteroatoms. The minimum absolute atomic E-state index is 0.0918. The number of hydrogen-bond donors (Lipinski definition) is 2. The lowest BCUT2D eigenvalue weighted by molar-refractivity contribution is 0.0677. The molecule has 0 aliphatic heterocycles. The summed E-state index contributed by atoms with van der Waals surface area (Å²) in [7, 11) is 0. The van der Waals surface area contributed by atoms with Crippen LogP contribution in [0.4, 0.5) is 4.79 Å². The third kappa shape index (κ3) is 12.4. The highest BCUT2D eigenvalue weighted by Crippen LogP contribution is 2.10. The first kappa shape index (κ1) is 23.4. The molecule has 154 valence electrons. The van der Waals surface area contributed by atoms with Crippen molar-refractivity contribution in [3.8, 4) is 0 Å². The second-order valence-corrected chi connectivity index (χ2v) is 7.01. The molecule has 1 aromatic carbocycles. The van der Waals surface area contributed by atoms with Gasteiger partial charge in [-0.15, -0.1) is 0 Å². The van der Waals surface area contributed by atoms with Crippen LogP contribution in [-0.4, -0.2) is 35.9 Å². The van der Waals surface area contributed by atoms with E-state index in [4.69, 9.17) is 9.84 Å². The summed E-state index contributed by atoms with van der Waals surface area (Å²) < 4.78 is 5.31. The molecular formula is C22H38N2O3. The Labute approximate surface area is 165 Å². The molecule has 0 aliphatic carbocycles. The topological polar surface area (TPSA) is 61.8 Å². The molecule has 1 amide bonds. The second-order valence-electron chi connectivity index (χ2n) is 7.01. The molecule has 0 radical (unpaired) electrons. The number of nitrogens with zero attached hydrogens (tertiary/aromatic N) is 1. The third-order valence-corrected chi connectivity index (χ3v) is 4.58. The second kappa shape index (κ2) is 16.6. The van der Waals surface area contributed by atoms with Gasteiger partial charge in [0.1, 0.15) is 6.61 Å². The van der Waals surface area contributed by atoms with Crippen molar-refractivity contribution in [1.82, 2.24) is 10.4 Å². The molecule has 27 heavy (non-hydrogen) atoms. The normalized spacial score (nSPS) is 10.7. The Hall–Kier alpha value is -1.59. The van der Waals surface area contributed by atoms with E-state index in [1.165, 1.54) is 56.4 Å². The molecule has 2 N–H and O–H groups in total. The van der Waals surface area contributed by atoms with Crippen LogP contribution >= 0.6 is 0 Å². The monoisotopic (exact) mass is 378 g/mol. The maximum absolute atomic E-state index is 12.1. The number of amides is 1. The molecule has 0 aromatic heterocycles. The van der Waals surface area contributed by atoms with E-state index in [2.05, 4.69) is 12.3 Å². The predicted molar refractivity (Wildman–Crippen MR) is 110 cm³/mol. The average Bonchev–Trinajstić information content (AvgIpc) is 2.70. The Morgan fingerprint density at radius 3 is 2.15 bits per heavy atom. The zero-order chi connectivity index (χ0) is 19.6. The summed E-state index contributed by atoms with van der Waals surface area (Å²) in [6.45, 7) is 3.34. The molecule has 0 saturated carbocycles. The van der Waals surface area contributed by atoms with Crippen molar-refractivity contribution in [2.24, 2.45) is 0 Å². The number of rotatable bonds is 16.